The first kappa shape index (κ1) is 18.5. The van der Waals surface area contributed by atoms with Gasteiger partial charge in [0.1, 0.15) is 6.61 Å². The number of ether oxygens (including phenoxy) is 1. The van der Waals surface area contributed by atoms with Crippen molar-refractivity contribution >= 4 is 20.7 Å². The van der Waals surface area contributed by atoms with Crippen molar-refractivity contribution in [2.75, 3.05) is 26.3 Å². The normalized spacial score (nSPS) is 12.2. The molecule has 0 aliphatic rings. The Balaban J connectivity index is 3.52. The van der Waals surface area contributed by atoms with E-state index in [4.69, 9.17) is 4.74 Å². The van der Waals surface area contributed by atoms with Crippen molar-refractivity contribution in [3.05, 3.63) is 0 Å². The summed E-state index contributed by atoms with van der Waals surface area (Å²) in [6, 6.07) is -0.0846. The summed E-state index contributed by atoms with van der Waals surface area (Å²) in [5.41, 5.74) is 0.0962. The van der Waals surface area contributed by atoms with E-state index in [9.17, 15) is 9.59 Å². The van der Waals surface area contributed by atoms with E-state index in [1.165, 1.54) is 0 Å². The summed E-state index contributed by atoms with van der Waals surface area (Å²) in [6.07, 6.45) is 3.51. The Labute approximate surface area is 118 Å². The molecule has 2 N–H and O–H groups in total. The summed E-state index contributed by atoms with van der Waals surface area (Å²) in [6.45, 7) is 6.17. The first-order valence-electron chi connectivity index (χ1n) is 6.98. The lowest BCUT2D eigenvalue weighted by Crippen LogP contribution is -2.34. The van der Waals surface area contributed by atoms with E-state index in [-0.39, 0.29) is 24.1 Å². The van der Waals surface area contributed by atoms with E-state index < -0.39 is 0 Å². The average molecular weight is 290 g/mol. The molecule has 0 aromatic carbocycles. The van der Waals surface area contributed by atoms with Crippen LogP contribution in [0.3, 0.4) is 0 Å². The fourth-order valence-corrected chi connectivity index (χ4v) is 1.94. The Bertz CT molecular complexity index is 262. The summed E-state index contributed by atoms with van der Waals surface area (Å²) in [5.74, 6) is -0.0705. The first-order chi connectivity index (χ1) is 9.11. The Morgan fingerprint density at radius 1 is 1.26 bits per heavy atom. The third-order valence-electron chi connectivity index (χ3n) is 2.62. The van der Waals surface area contributed by atoms with E-state index in [2.05, 4.69) is 19.9 Å². The number of nitrogens with one attached hydrogen (secondary N) is 2. The van der Waals surface area contributed by atoms with Gasteiger partial charge in [0, 0.05) is 13.2 Å². The van der Waals surface area contributed by atoms with Gasteiger partial charge < -0.3 is 15.4 Å². The molecule has 0 saturated heterocycles. The van der Waals surface area contributed by atoms with Crippen LogP contribution in [-0.2, 0) is 14.3 Å². The van der Waals surface area contributed by atoms with Crippen molar-refractivity contribution in [2.24, 2.45) is 0 Å². The third-order valence-corrected chi connectivity index (χ3v) is 3.02. The molecule has 1 amide bonds. The molecule has 0 fully saturated rings. The zero-order valence-electron chi connectivity index (χ0n) is 12.0. The van der Waals surface area contributed by atoms with Crippen molar-refractivity contribution in [3.8, 4) is 0 Å². The van der Waals surface area contributed by atoms with Crippen molar-refractivity contribution < 1.29 is 14.3 Å². The molecule has 19 heavy (non-hydrogen) atoms. The predicted molar refractivity (Wildman–Crippen MR) is 80.2 cm³/mol. The highest BCUT2D eigenvalue weighted by atomic mass is 31.0. The number of hydrogen-bond acceptors (Lipinski definition) is 4. The highest BCUT2D eigenvalue weighted by molar-refractivity contribution is 7.40. The van der Waals surface area contributed by atoms with Crippen LogP contribution in [0.1, 0.15) is 39.5 Å². The molecule has 5 nitrogen and oxygen atoms in total. The van der Waals surface area contributed by atoms with E-state index in [1.807, 2.05) is 13.8 Å². The number of amides is 1. The maximum absolute atomic E-state index is 11.3. The largest absolute Gasteiger partial charge is 0.372 e. The number of unbranched alkanes of at least 4 members (excludes halogenated alkanes) is 1. The SMILES string of the molecule is CCCOCC(=O)NCCCC[C@H](NCC)C(=O)P. The topological polar surface area (TPSA) is 67.4 Å². The van der Waals surface area contributed by atoms with Crippen LogP contribution in [0.15, 0.2) is 0 Å². The second-order valence-electron chi connectivity index (χ2n) is 4.41. The van der Waals surface area contributed by atoms with Crippen molar-refractivity contribution in [1.29, 1.82) is 0 Å². The van der Waals surface area contributed by atoms with Crippen LogP contribution in [0.5, 0.6) is 0 Å². The number of hydrogen-bond donors (Lipinski definition) is 2. The molecule has 0 saturated carbocycles. The minimum Gasteiger partial charge on any atom is -0.372 e. The molecular formula is C13H27N2O3P. The summed E-state index contributed by atoms with van der Waals surface area (Å²) < 4.78 is 5.13. The van der Waals surface area contributed by atoms with Crippen LogP contribution in [0.25, 0.3) is 0 Å². The van der Waals surface area contributed by atoms with E-state index in [1.54, 1.807) is 0 Å². The molecule has 0 spiro atoms. The fraction of sp³-hybridized carbons (Fsp3) is 0.846. The monoisotopic (exact) mass is 290 g/mol. The van der Waals surface area contributed by atoms with Crippen molar-refractivity contribution in [2.45, 2.75) is 45.6 Å². The standard InChI is InChI=1S/C13H27N2O3P/c1-3-9-18-10-12(16)15-8-6-5-7-11(13(17)19)14-4-2/h11,14H,3-10,19H2,1-2H3,(H,15,16)/t11-/m0/s1. The fourth-order valence-electron chi connectivity index (χ4n) is 1.65. The quantitative estimate of drug-likeness (QED) is 0.417. The van der Waals surface area contributed by atoms with Crippen LogP contribution in [-0.4, -0.2) is 43.8 Å². The molecule has 0 aromatic heterocycles. The minimum atomic E-state index is -0.0846. The molecule has 6 heteroatoms. The second-order valence-corrected chi connectivity index (χ2v) is 4.98. The Morgan fingerprint density at radius 2 is 2.00 bits per heavy atom. The molecule has 0 aromatic rings. The van der Waals surface area contributed by atoms with Gasteiger partial charge in [-0.3, -0.25) is 9.59 Å². The number of carbonyl (C=O) groups is 2. The van der Waals surface area contributed by atoms with Gasteiger partial charge in [0.15, 0.2) is 5.52 Å². The first-order valence-corrected chi connectivity index (χ1v) is 7.56. The van der Waals surface area contributed by atoms with Crippen LogP contribution >= 0.6 is 9.24 Å². The minimum absolute atomic E-state index is 0.0705. The number of carbonyl (C=O) groups excluding carboxylic acids is 2. The average Bonchev–Trinajstić information content (AvgIpc) is 2.37. The molecule has 0 aliphatic carbocycles. The predicted octanol–water partition coefficient (Wildman–Crippen LogP) is 1.08. The van der Waals surface area contributed by atoms with Crippen molar-refractivity contribution in [3.63, 3.8) is 0 Å². The van der Waals surface area contributed by atoms with Gasteiger partial charge in [-0.2, -0.15) is 0 Å². The molecule has 112 valence electrons. The van der Waals surface area contributed by atoms with Crippen LogP contribution in [0.4, 0.5) is 0 Å². The summed E-state index contributed by atoms with van der Waals surface area (Å²) >= 11 is 0. The van der Waals surface area contributed by atoms with Crippen LogP contribution in [0, 0.1) is 0 Å². The van der Waals surface area contributed by atoms with E-state index >= 15 is 0 Å². The molecule has 0 heterocycles. The van der Waals surface area contributed by atoms with Gasteiger partial charge in [-0.15, -0.1) is 0 Å². The number of rotatable bonds is 12. The molecular weight excluding hydrogens is 263 g/mol. The summed E-state index contributed by atoms with van der Waals surface area (Å²) in [5, 5.41) is 5.94. The Kier molecular flexibility index (Phi) is 12.2. The Hall–Kier alpha value is -0.510. The Morgan fingerprint density at radius 3 is 2.58 bits per heavy atom. The van der Waals surface area contributed by atoms with Gasteiger partial charge in [0.2, 0.25) is 5.91 Å². The lowest BCUT2D eigenvalue weighted by molar-refractivity contribution is -0.125. The van der Waals surface area contributed by atoms with E-state index in [0.717, 1.165) is 32.2 Å². The van der Waals surface area contributed by atoms with Crippen LogP contribution in [0.2, 0.25) is 0 Å². The van der Waals surface area contributed by atoms with E-state index in [0.29, 0.717) is 13.2 Å². The zero-order valence-corrected chi connectivity index (χ0v) is 13.2. The second kappa shape index (κ2) is 12.5. The van der Waals surface area contributed by atoms with Gasteiger partial charge in [-0.05, 0) is 32.2 Å². The molecule has 0 bridgehead atoms. The maximum Gasteiger partial charge on any atom is 0.245 e. The zero-order chi connectivity index (χ0) is 14.5. The molecule has 1 unspecified atom stereocenters. The lowest BCUT2D eigenvalue weighted by Gasteiger charge is -2.14. The maximum atomic E-state index is 11.3. The van der Waals surface area contributed by atoms with Gasteiger partial charge in [-0.1, -0.05) is 23.1 Å². The molecule has 0 aliphatic heterocycles. The highest BCUT2D eigenvalue weighted by Crippen LogP contribution is 2.05. The smallest absolute Gasteiger partial charge is 0.245 e. The van der Waals surface area contributed by atoms with Gasteiger partial charge in [0.05, 0.1) is 6.04 Å². The summed E-state index contributed by atoms with van der Waals surface area (Å²) in [7, 11) is 2.22. The third kappa shape index (κ3) is 11.0. The molecule has 0 radical (unpaired) electrons. The molecule has 2 atom stereocenters. The number of likely N-dealkylation sites (N-methyl/N-ethyl adjacent to an activating group) is 1. The van der Waals surface area contributed by atoms with Crippen LogP contribution < -0.4 is 10.6 Å². The highest BCUT2D eigenvalue weighted by Gasteiger charge is 2.11. The summed E-state index contributed by atoms with van der Waals surface area (Å²) in [4.78, 5) is 22.6. The lowest BCUT2D eigenvalue weighted by atomic mass is 10.1. The molecule has 0 rings (SSSR count). The van der Waals surface area contributed by atoms with Gasteiger partial charge >= 0.3 is 0 Å². The van der Waals surface area contributed by atoms with Crippen molar-refractivity contribution in [1.82, 2.24) is 10.6 Å². The van der Waals surface area contributed by atoms with Gasteiger partial charge in [-0.25, -0.2) is 0 Å². The van der Waals surface area contributed by atoms with Gasteiger partial charge in [0.25, 0.3) is 0 Å².